The highest BCUT2D eigenvalue weighted by Crippen LogP contribution is 2.16. The second kappa shape index (κ2) is 13.4. The zero-order valence-corrected chi connectivity index (χ0v) is 21.0. The minimum Gasteiger partial charge on any atom is -0.379 e. The number of hydrogen-bond donors (Lipinski definition) is 3. The maximum Gasteiger partial charge on any atom is 0.191 e. The molecule has 0 saturated carbocycles. The maximum absolute atomic E-state index is 5.45. The van der Waals surface area contributed by atoms with Crippen molar-refractivity contribution in [3.8, 4) is 0 Å². The van der Waals surface area contributed by atoms with E-state index in [0.717, 1.165) is 45.4 Å². The van der Waals surface area contributed by atoms with Crippen molar-refractivity contribution in [3.05, 3.63) is 35.9 Å². The molecular formula is C22H40IN5O. The van der Waals surface area contributed by atoms with Crippen LogP contribution < -0.4 is 16.0 Å². The van der Waals surface area contributed by atoms with Crippen molar-refractivity contribution in [3.63, 3.8) is 0 Å². The van der Waals surface area contributed by atoms with E-state index in [1.54, 1.807) is 0 Å². The van der Waals surface area contributed by atoms with Crippen LogP contribution in [0.1, 0.15) is 46.2 Å². The molecule has 7 heteroatoms. The van der Waals surface area contributed by atoms with Gasteiger partial charge in [-0.2, -0.15) is 0 Å². The average molecular weight is 518 g/mol. The molecule has 166 valence electrons. The van der Waals surface area contributed by atoms with Crippen LogP contribution in [0.2, 0.25) is 0 Å². The van der Waals surface area contributed by atoms with Crippen LogP contribution in [0.4, 0.5) is 0 Å². The van der Waals surface area contributed by atoms with Crippen LogP contribution in [0.15, 0.2) is 35.3 Å². The van der Waals surface area contributed by atoms with Gasteiger partial charge >= 0.3 is 0 Å². The summed E-state index contributed by atoms with van der Waals surface area (Å²) < 4.78 is 5.45. The van der Waals surface area contributed by atoms with E-state index in [4.69, 9.17) is 9.73 Å². The Hall–Kier alpha value is -0.900. The number of benzene rings is 1. The van der Waals surface area contributed by atoms with Crippen LogP contribution in [0.3, 0.4) is 0 Å². The number of morpholine rings is 1. The largest absolute Gasteiger partial charge is 0.379 e. The summed E-state index contributed by atoms with van der Waals surface area (Å²) in [5.74, 6) is 0.879. The predicted molar refractivity (Wildman–Crippen MR) is 133 cm³/mol. The molecule has 1 aromatic carbocycles. The first-order valence-corrected chi connectivity index (χ1v) is 10.6. The number of guanidine groups is 1. The Morgan fingerprint density at radius 2 is 1.79 bits per heavy atom. The maximum atomic E-state index is 5.45. The van der Waals surface area contributed by atoms with Crippen molar-refractivity contribution in [1.82, 2.24) is 20.9 Å². The number of rotatable bonds is 9. The fraction of sp³-hybridized carbons (Fsp3) is 0.682. The highest BCUT2D eigenvalue weighted by molar-refractivity contribution is 14.0. The lowest BCUT2D eigenvalue weighted by Crippen LogP contribution is -2.50. The first-order chi connectivity index (χ1) is 13.4. The van der Waals surface area contributed by atoms with Gasteiger partial charge < -0.3 is 20.7 Å². The summed E-state index contributed by atoms with van der Waals surface area (Å²) >= 11 is 0. The molecule has 0 radical (unpaired) electrons. The standard InChI is InChI=1S/C22H39N5O.HI/c1-6-23-21(24-16-18(2)27-12-14-28-15-13-27)25-17-22(4,5)26-19(3)20-10-8-7-9-11-20;/h7-11,18-19,26H,6,12-17H2,1-5H3,(H2,23,24,25);1H. The van der Waals surface area contributed by atoms with Crippen molar-refractivity contribution in [2.24, 2.45) is 4.99 Å². The molecule has 0 aromatic heterocycles. The van der Waals surface area contributed by atoms with Crippen LogP contribution in [-0.4, -0.2) is 68.4 Å². The van der Waals surface area contributed by atoms with Crippen LogP contribution in [0, 0.1) is 0 Å². The molecule has 2 rings (SSSR count). The fourth-order valence-corrected chi connectivity index (χ4v) is 3.47. The van der Waals surface area contributed by atoms with Crippen molar-refractivity contribution >= 4 is 29.9 Å². The monoisotopic (exact) mass is 517 g/mol. The third kappa shape index (κ3) is 9.63. The second-order valence-electron chi connectivity index (χ2n) is 8.23. The van der Waals surface area contributed by atoms with Gasteiger partial charge in [-0.05, 0) is 40.2 Å². The molecule has 0 aliphatic carbocycles. The SMILES string of the molecule is CCNC(=NCC(C)(C)NC(C)c1ccccc1)NCC(C)N1CCOCC1.I. The van der Waals surface area contributed by atoms with E-state index >= 15 is 0 Å². The molecule has 0 amide bonds. The molecular weight excluding hydrogens is 477 g/mol. The van der Waals surface area contributed by atoms with Crippen LogP contribution in [-0.2, 0) is 4.74 Å². The van der Waals surface area contributed by atoms with Gasteiger partial charge in [0, 0.05) is 43.8 Å². The molecule has 0 bridgehead atoms. The van der Waals surface area contributed by atoms with E-state index in [-0.39, 0.29) is 35.6 Å². The Morgan fingerprint density at radius 3 is 2.41 bits per heavy atom. The van der Waals surface area contributed by atoms with E-state index < -0.39 is 0 Å². The Balaban J connectivity index is 0.00000420. The summed E-state index contributed by atoms with van der Waals surface area (Å²) in [6, 6.07) is 11.3. The molecule has 2 atom stereocenters. The number of aliphatic imine (C=N–C) groups is 1. The summed E-state index contributed by atoms with van der Waals surface area (Å²) in [6.07, 6.45) is 0. The molecule has 0 spiro atoms. The summed E-state index contributed by atoms with van der Waals surface area (Å²) in [4.78, 5) is 7.30. The van der Waals surface area contributed by atoms with Gasteiger partial charge in [-0.15, -0.1) is 24.0 Å². The van der Waals surface area contributed by atoms with Gasteiger partial charge in [0.1, 0.15) is 0 Å². The minimum atomic E-state index is -0.104. The normalized spacial score (nSPS) is 17.9. The van der Waals surface area contributed by atoms with Gasteiger partial charge in [0.05, 0.1) is 19.8 Å². The lowest BCUT2D eigenvalue weighted by Gasteiger charge is -2.33. The molecule has 1 heterocycles. The predicted octanol–water partition coefficient (Wildman–Crippen LogP) is 3.01. The lowest BCUT2D eigenvalue weighted by atomic mass is 10.0. The van der Waals surface area contributed by atoms with Crippen LogP contribution in [0.25, 0.3) is 0 Å². The van der Waals surface area contributed by atoms with E-state index in [1.165, 1.54) is 5.56 Å². The Bertz CT molecular complexity index is 590. The van der Waals surface area contributed by atoms with E-state index in [0.29, 0.717) is 12.6 Å². The summed E-state index contributed by atoms with van der Waals surface area (Å²) in [6.45, 7) is 17.1. The van der Waals surface area contributed by atoms with Gasteiger partial charge in [-0.25, -0.2) is 0 Å². The third-order valence-electron chi connectivity index (χ3n) is 5.12. The van der Waals surface area contributed by atoms with Crippen LogP contribution in [0.5, 0.6) is 0 Å². The molecule has 3 N–H and O–H groups in total. The van der Waals surface area contributed by atoms with Gasteiger partial charge in [0.25, 0.3) is 0 Å². The zero-order chi connectivity index (χ0) is 20.4. The van der Waals surface area contributed by atoms with Crippen molar-refractivity contribution in [2.75, 3.05) is 45.9 Å². The van der Waals surface area contributed by atoms with E-state index in [9.17, 15) is 0 Å². The summed E-state index contributed by atoms with van der Waals surface area (Å²) in [5, 5.41) is 10.6. The quantitative estimate of drug-likeness (QED) is 0.267. The van der Waals surface area contributed by atoms with Gasteiger partial charge in [0.2, 0.25) is 0 Å². The molecule has 1 saturated heterocycles. The number of nitrogens with zero attached hydrogens (tertiary/aromatic N) is 2. The van der Waals surface area contributed by atoms with Crippen LogP contribution >= 0.6 is 24.0 Å². The molecule has 29 heavy (non-hydrogen) atoms. The fourth-order valence-electron chi connectivity index (χ4n) is 3.47. The molecule has 1 aromatic rings. The average Bonchev–Trinajstić information content (AvgIpc) is 2.71. The highest BCUT2D eigenvalue weighted by atomic mass is 127. The van der Waals surface area contributed by atoms with Gasteiger partial charge in [-0.3, -0.25) is 9.89 Å². The van der Waals surface area contributed by atoms with E-state index in [2.05, 4.69) is 85.8 Å². The molecule has 1 aliphatic rings. The summed E-state index contributed by atoms with van der Waals surface area (Å²) in [5.41, 5.74) is 1.19. The highest BCUT2D eigenvalue weighted by Gasteiger charge is 2.21. The van der Waals surface area contributed by atoms with E-state index in [1.807, 2.05) is 0 Å². The lowest BCUT2D eigenvalue weighted by molar-refractivity contribution is 0.0211. The number of nitrogens with one attached hydrogen (secondary N) is 3. The third-order valence-corrected chi connectivity index (χ3v) is 5.12. The first-order valence-electron chi connectivity index (χ1n) is 10.6. The minimum absolute atomic E-state index is 0. The molecule has 2 unspecified atom stereocenters. The molecule has 6 nitrogen and oxygen atoms in total. The molecule has 1 fully saturated rings. The van der Waals surface area contributed by atoms with Gasteiger partial charge in [-0.1, -0.05) is 30.3 Å². The van der Waals surface area contributed by atoms with Gasteiger partial charge in [0.15, 0.2) is 5.96 Å². The second-order valence-corrected chi connectivity index (χ2v) is 8.23. The Morgan fingerprint density at radius 1 is 1.14 bits per heavy atom. The summed E-state index contributed by atoms with van der Waals surface area (Å²) in [7, 11) is 0. The smallest absolute Gasteiger partial charge is 0.191 e. The molecule has 1 aliphatic heterocycles. The van der Waals surface area contributed by atoms with Crippen molar-refractivity contribution in [2.45, 2.75) is 52.2 Å². The number of hydrogen-bond acceptors (Lipinski definition) is 4. The number of halogens is 1. The topological polar surface area (TPSA) is 60.9 Å². The number of ether oxygens (including phenoxy) is 1. The van der Waals surface area contributed by atoms with Crippen molar-refractivity contribution < 1.29 is 4.74 Å². The zero-order valence-electron chi connectivity index (χ0n) is 18.7. The first kappa shape index (κ1) is 26.1. The Kier molecular flexibility index (Phi) is 12.1. The Labute approximate surface area is 194 Å². The van der Waals surface area contributed by atoms with Crippen molar-refractivity contribution in [1.29, 1.82) is 0 Å².